The van der Waals surface area contributed by atoms with E-state index in [9.17, 15) is 0 Å². The van der Waals surface area contributed by atoms with Gasteiger partial charge in [0.15, 0.2) is 11.5 Å². The third-order valence-electron chi connectivity index (χ3n) is 2.41. The number of nitrogen functional groups attached to an aromatic ring is 1. The number of tetrazole rings is 1. The van der Waals surface area contributed by atoms with Gasteiger partial charge in [0.25, 0.3) is 5.95 Å². The average molecular weight is 355 g/mol. The Kier molecular flexibility index (Phi) is 5.09. The first-order valence-corrected chi connectivity index (χ1v) is 7.12. The van der Waals surface area contributed by atoms with Gasteiger partial charge in [-0.1, -0.05) is 9.89 Å². The molecule has 0 bridgehead atoms. The van der Waals surface area contributed by atoms with Crippen molar-refractivity contribution in [3.63, 3.8) is 0 Å². The van der Waals surface area contributed by atoms with Crippen molar-refractivity contribution in [2.24, 2.45) is 5.10 Å². The van der Waals surface area contributed by atoms with E-state index in [4.69, 9.17) is 15.2 Å². The number of ether oxygens (including phenoxy) is 2. The zero-order chi connectivity index (χ0) is 15.2. The molecule has 0 aliphatic carbocycles. The molecule has 1 aromatic carbocycles. The smallest absolute Gasteiger partial charge is 0.263 e. The summed E-state index contributed by atoms with van der Waals surface area (Å²) < 4.78 is 11.9. The van der Waals surface area contributed by atoms with Crippen LogP contribution in [-0.4, -0.2) is 39.7 Å². The minimum absolute atomic E-state index is 0.112. The quantitative estimate of drug-likeness (QED) is 0.792. The van der Waals surface area contributed by atoms with Gasteiger partial charge in [0.1, 0.15) is 0 Å². The van der Waals surface area contributed by atoms with Gasteiger partial charge >= 0.3 is 0 Å². The monoisotopic (exact) mass is 354 g/mol. The van der Waals surface area contributed by atoms with Crippen LogP contribution in [0.25, 0.3) is 0 Å². The predicted molar refractivity (Wildman–Crippen MR) is 81.7 cm³/mol. The Morgan fingerprint density at radius 3 is 2.71 bits per heavy atom. The Bertz CT molecular complexity index is 643. The van der Waals surface area contributed by atoms with Gasteiger partial charge in [-0.05, 0) is 57.9 Å². The first kappa shape index (κ1) is 15.2. The first-order valence-electron chi connectivity index (χ1n) is 6.33. The van der Waals surface area contributed by atoms with Crippen LogP contribution in [-0.2, 0) is 0 Å². The van der Waals surface area contributed by atoms with E-state index < -0.39 is 0 Å². The Morgan fingerprint density at radius 1 is 1.33 bits per heavy atom. The molecular weight excluding hydrogens is 340 g/mol. The number of hydrogen-bond donors (Lipinski definition) is 1. The van der Waals surface area contributed by atoms with E-state index in [1.54, 1.807) is 6.21 Å². The largest absolute Gasteiger partial charge is 0.490 e. The molecule has 9 heteroatoms. The average Bonchev–Trinajstić information content (AvgIpc) is 2.86. The van der Waals surface area contributed by atoms with E-state index in [1.165, 1.54) is 0 Å². The second kappa shape index (κ2) is 7.02. The van der Waals surface area contributed by atoms with Crippen LogP contribution in [0.3, 0.4) is 0 Å². The molecular formula is C12H15BrN6O2. The van der Waals surface area contributed by atoms with Crippen LogP contribution in [0.15, 0.2) is 21.7 Å². The molecule has 1 heterocycles. The van der Waals surface area contributed by atoms with Gasteiger partial charge in [0, 0.05) is 0 Å². The number of rotatable bonds is 6. The number of nitrogens with two attached hydrogens (primary N) is 1. The molecule has 1 aromatic heterocycles. The van der Waals surface area contributed by atoms with Gasteiger partial charge in [0.2, 0.25) is 0 Å². The summed E-state index contributed by atoms with van der Waals surface area (Å²) in [6.45, 7) is 4.91. The molecule has 0 saturated carbocycles. The summed E-state index contributed by atoms with van der Waals surface area (Å²) >= 11 is 3.46. The van der Waals surface area contributed by atoms with Crippen molar-refractivity contribution in [2.75, 3.05) is 18.9 Å². The summed E-state index contributed by atoms with van der Waals surface area (Å²) in [6, 6.07) is 3.68. The summed E-state index contributed by atoms with van der Waals surface area (Å²) in [5, 5.41) is 14.6. The fourth-order valence-corrected chi connectivity index (χ4v) is 2.18. The topological polar surface area (TPSA) is 100 Å². The highest BCUT2D eigenvalue weighted by atomic mass is 79.9. The first-order chi connectivity index (χ1) is 10.2. The highest BCUT2D eigenvalue weighted by Crippen LogP contribution is 2.36. The van der Waals surface area contributed by atoms with E-state index in [1.807, 2.05) is 26.0 Å². The fourth-order valence-electron chi connectivity index (χ4n) is 1.60. The van der Waals surface area contributed by atoms with Crippen LogP contribution >= 0.6 is 15.9 Å². The third kappa shape index (κ3) is 3.69. The molecule has 0 aliphatic rings. The number of anilines is 1. The third-order valence-corrected chi connectivity index (χ3v) is 3.00. The van der Waals surface area contributed by atoms with Crippen molar-refractivity contribution in [2.45, 2.75) is 13.8 Å². The summed E-state index contributed by atoms with van der Waals surface area (Å²) in [4.78, 5) is 1.13. The van der Waals surface area contributed by atoms with E-state index in [0.717, 1.165) is 14.8 Å². The molecule has 112 valence electrons. The van der Waals surface area contributed by atoms with Gasteiger partial charge in [-0.15, -0.1) is 0 Å². The molecule has 0 saturated heterocycles. The van der Waals surface area contributed by atoms with E-state index in [2.05, 4.69) is 36.6 Å². The number of halogens is 1. The zero-order valence-corrected chi connectivity index (χ0v) is 13.2. The summed E-state index contributed by atoms with van der Waals surface area (Å²) in [6.07, 6.45) is 1.58. The van der Waals surface area contributed by atoms with E-state index in [0.29, 0.717) is 24.7 Å². The van der Waals surface area contributed by atoms with Crippen LogP contribution in [0.1, 0.15) is 19.4 Å². The molecule has 0 amide bonds. The van der Waals surface area contributed by atoms with E-state index in [-0.39, 0.29) is 5.95 Å². The lowest BCUT2D eigenvalue weighted by Gasteiger charge is -2.13. The van der Waals surface area contributed by atoms with Gasteiger partial charge in [-0.3, -0.25) is 0 Å². The van der Waals surface area contributed by atoms with Crippen LogP contribution in [0.4, 0.5) is 5.95 Å². The van der Waals surface area contributed by atoms with Gasteiger partial charge in [0.05, 0.1) is 23.9 Å². The van der Waals surface area contributed by atoms with Crippen LogP contribution < -0.4 is 15.2 Å². The standard InChI is InChI=1S/C12H15BrN6O2/c1-3-20-10-6-8(5-9(13)11(10)21-4-2)7-15-19-12(14)16-17-18-19/h5-7H,3-4H2,1-2H3,(H2,14,16,18)/b15-7+. The van der Waals surface area contributed by atoms with Crippen LogP contribution in [0.5, 0.6) is 11.5 Å². The molecule has 0 unspecified atom stereocenters. The van der Waals surface area contributed by atoms with Gasteiger partial charge < -0.3 is 15.2 Å². The molecule has 0 aliphatic heterocycles. The lowest BCUT2D eigenvalue weighted by Crippen LogP contribution is -2.02. The molecule has 0 atom stereocenters. The van der Waals surface area contributed by atoms with Gasteiger partial charge in [-0.2, -0.15) is 5.10 Å². The van der Waals surface area contributed by atoms with Crippen molar-refractivity contribution < 1.29 is 9.47 Å². The van der Waals surface area contributed by atoms with Crippen molar-refractivity contribution in [1.82, 2.24) is 20.3 Å². The zero-order valence-electron chi connectivity index (χ0n) is 11.7. The second-order valence-electron chi connectivity index (χ2n) is 3.87. The molecule has 2 N–H and O–H groups in total. The lowest BCUT2D eigenvalue weighted by atomic mass is 10.2. The Labute approximate surface area is 130 Å². The molecule has 0 spiro atoms. The summed E-state index contributed by atoms with van der Waals surface area (Å²) in [5.41, 5.74) is 6.33. The molecule has 2 rings (SSSR count). The number of benzene rings is 1. The van der Waals surface area contributed by atoms with Crippen molar-refractivity contribution in [1.29, 1.82) is 0 Å². The van der Waals surface area contributed by atoms with Gasteiger partial charge in [-0.25, -0.2) is 0 Å². The number of nitrogens with zero attached hydrogens (tertiary/aromatic N) is 5. The second-order valence-corrected chi connectivity index (χ2v) is 4.72. The summed E-state index contributed by atoms with van der Waals surface area (Å²) in [5.74, 6) is 1.42. The van der Waals surface area contributed by atoms with Crippen LogP contribution in [0, 0.1) is 0 Å². The van der Waals surface area contributed by atoms with Crippen LogP contribution in [0.2, 0.25) is 0 Å². The van der Waals surface area contributed by atoms with E-state index >= 15 is 0 Å². The molecule has 0 radical (unpaired) electrons. The van der Waals surface area contributed by atoms with Crippen molar-refractivity contribution in [3.8, 4) is 11.5 Å². The SMILES string of the molecule is CCOc1cc(/C=N/n2nnnc2N)cc(Br)c1OCC. The molecule has 8 nitrogen and oxygen atoms in total. The molecule has 2 aromatic rings. The van der Waals surface area contributed by atoms with Crippen molar-refractivity contribution in [3.05, 3.63) is 22.2 Å². The highest BCUT2D eigenvalue weighted by molar-refractivity contribution is 9.10. The minimum Gasteiger partial charge on any atom is -0.490 e. The maximum atomic E-state index is 5.58. The fraction of sp³-hybridized carbons (Fsp3) is 0.333. The normalized spacial score (nSPS) is 11.0. The molecule has 21 heavy (non-hydrogen) atoms. The highest BCUT2D eigenvalue weighted by Gasteiger charge is 2.11. The maximum Gasteiger partial charge on any atom is 0.263 e. The summed E-state index contributed by atoms with van der Waals surface area (Å²) in [7, 11) is 0. The number of aromatic nitrogens is 4. The Balaban J connectivity index is 2.32. The van der Waals surface area contributed by atoms with Crippen molar-refractivity contribution >= 4 is 28.1 Å². The Hall–Kier alpha value is -2.16. The Morgan fingerprint density at radius 2 is 2.10 bits per heavy atom. The minimum atomic E-state index is 0.112. The lowest BCUT2D eigenvalue weighted by molar-refractivity contribution is 0.286. The number of hydrogen-bond acceptors (Lipinski definition) is 7. The predicted octanol–water partition coefficient (Wildman–Crippen LogP) is 1.70. The maximum absolute atomic E-state index is 5.58. The molecule has 0 fully saturated rings.